The zero-order valence-corrected chi connectivity index (χ0v) is 12.2. The molecule has 110 valence electrons. The number of morpholine rings is 1. The van der Waals surface area contributed by atoms with Gasteiger partial charge in [-0.05, 0) is 30.4 Å². The number of nitrogens with one attached hydrogen (secondary N) is 1. The minimum absolute atomic E-state index is 0.215. The topological polar surface area (TPSA) is 50.5 Å². The normalized spacial score (nSPS) is 32.0. The summed E-state index contributed by atoms with van der Waals surface area (Å²) in [6.45, 7) is 6.14. The Bertz CT molecular complexity index is 425. The van der Waals surface area contributed by atoms with Crippen LogP contribution in [0.15, 0.2) is 30.3 Å². The molecule has 2 fully saturated rings. The Kier molecular flexibility index (Phi) is 4.36. The summed E-state index contributed by atoms with van der Waals surface area (Å²) in [6.07, 6.45) is 1.43. The van der Waals surface area contributed by atoms with Crippen LogP contribution in [0, 0.1) is 5.92 Å². The highest BCUT2D eigenvalue weighted by molar-refractivity contribution is 5.27. The molecule has 0 radical (unpaired) electrons. The number of rotatable bonds is 5. The highest BCUT2D eigenvalue weighted by atomic mass is 16.5. The second-order valence-electron chi connectivity index (χ2n) is 5.91. The van der Waals surface area contributed by atoms with Gasteiger partial charge in [-0.3, -0.25) is 16.2 Å². The van der Waals surface area contributed by atoms with Crippen LogP contribution in [0.3, 0.4) is 0 Å². The van der Waals surface area contributed by atoms with Crippen molar-refractivity contribution in [1.82, 2.24) is 10.3 Å². The van der Waals surface area contributed by atoms with Crippen LogP contribution in [-0.4, -0.2) is 43.3 Å². The molecule has 3 N–H and O–H groups in total. The molecular formula is C16H25N3O. The molecular weight excluding hydrogens is 250 g/mol. The van der Waals surface area contributed by atoms with E-state index >= 15 is 0 Å². The number of hydrazine groups is 1. The minimum Gasteiger partial charge on any atom is -0.374 e. The molecule has 4 atom stereocenters. The van der Waals surface area contributed by atoms with Crippen LogP contribution in [0.25, 0.3) is 0 Å². The number of nitrogens with two attached hydrogens (primary N) is 1. The molecule has 0 spiro atoms. The van der Waals surface area contributed by atoms with Crippen LogP contribution in [0.5, 0.6) is 0 Å². The average molecular weight is 275 g/mol. The van der Waals surface area contributed by atoms with Gasteiger partial charge in [0.15, 0.2) is 0 Å². The van der Waals surface area contributed by atoms with Gasteiger partial charge < -0.3 is 4.74 Å². The van der Waals surface area contributed by atoms with E-state index in [1.165, 1.54) is 12.0 Å². The molecule has 4 unspecified atom stereocenters. The number of nitrogens with zero attached hydrogens (tertiary/aromatic N) is 1. The van der Waals surface area contributed by atoms with Crippen molar-refractivity contribution in [2.75, 3.05) is 26.2 Å². The lowest BCUT2D eigenvalue weighted by atomic mass is 10.0. The van der Waals surface area contributed by atoms with E-state index in [0.717, 1.165) is 26.2 Å². The van der Waals surface area contributed by atoms with Gasteiger partial charge in [-0.1, -0.05) is 37.3 Å². The first kappa shape index (κ1) is 14.0. The van der Waals surface area contributed by atoms with Crippen LogP contribution in [0.4, 0.5) is 0 Å². The number of benzene rings is 1. The monoisotopic (exact) mass is 275 g/mol. The van der Waals surface area contributed by atoms with E-state index in [-0.39, 0.29) is 12.1 Å². The summed E-state index contributed by atoms with van der Waals surface area (Å²) in [6, 6.07) is 11.0. The van der Waals surface area contributed by atoms with Crippen molar-refractivity contribution in [3.05, 3.63) is 35.9 Å². The molecule has 4 nitrogen and oxygen atoms in total. The molecule has 4 heteroatoms. The third-order valence-corrected chi connectivity index (χ3v) is 4.75. The standard InChI is InChI=1S/C16H25N3O/c1-2-19-8-9-20-15(11-19)16(18-17)14-10-13(14)12-6-4-3-5-7-12/h3-7,13-16,18H,2,8-11,17H2,1H3. The Morgan fingerprint density at radius 3 is 2.90 bits per heavy atom. The predicted molar refractivity (Wildman–Crippen MR) is 80.3 cm³/mol. The maximum atomic E-state index is 5.96. The van der Waals surface area contributed by atoms with Gasteiger partial charge in [0, 0.05) is 13.1 Å². The third kappa shape index (κ3) is 2.88. The average Bonchev–Trinajstić information content (AvgIpc) is 3.30. The quantitative estimate of drug-likeness (QED) is 0.629. The first-order valence-electron chi connectivity index (χ1n) is 7.68. The lowest BCUT2D eigenvalue weighted by Gasteiger charge is -2.36. The van der Waals surface area contributed by atoms with Gasteiger partial charge in [-0.2, -0.15) is 0 Å². The van der Waals surface area contributed by atoms with Gasteiger partial charge >= 0.3 is 0 Å². The summed E-state index contributed by atoms with van der Waals surface area (Å²) in [5, 5.41) is 0. The molecule has 1 aliphatic carbocycles. The first-order valence-corrected chi connectivity index (χ1v) is 7.68. The Balaban J connectivity index is 1.63. The molecule has 1 aromatic carbocycles. The SMILES string of the molecule is CCN1CCOC(C(NN)C2CC2c2ccccc2)C1. The van der Waals surface area contributed by atoms with Gasteiger partial charge in [-0.25, -0.2) is 0 Å². The largest absolute Gasteiger partial charge is 0.374 e. The lowest BCUT2D eigenvalue weighted by molar-refractivity contribution is -0.0489. The van der Waals surface area contributed by atoms with Crippen molar-refractivity contribution in [3.63, 3.8) is 0 Å². The number of likely N-dealkylation sites (N-methyl/N-ethyl adjacent to an activating group) is 1. The van der Waals surface area contributed by atoms with Crippen molar-refractivity contribution in [2.45, 2.75) is 31.4 Å². The fourth-order valence-electron chi connectivity index (χ4n) is 3.44. The van der Waals surface area contributed by atoms with E-state index in [1.54, 1.807) is 0 Å². The summed E-state index contributed by atoms with van der Waals surface area (Å²) in [5.41, 5.74) is 4.46. The smallest absolute Gasteiger partial charge is 0.0871 e. The van der Waals surface area contributed by atoms with Crippen LogP contribution in [0.1, 0.15) is 24.8 Å². The Morgan fingerprint density at radius 2 is 2.20 bits per heavy atom. The second kappa shape index (κ2) is 6.22. The van der Waals surface area contributed by atoms with E-state index < -0.39 is 0 Å². The highest BCUT2D eigenvalue weighted by Crippen LogP contribution is 2.50. The summed E-state index contributed by atoms with van der Waals surface area (Å²) in [5.74, 6) is 7.06. The van der Waals surface area contributed by atoms with Crippen molar-refractivity contribution < 1.29 is 4.74 Å². The van der Waals surface area contributed by atoms with Gasteiger partial charge in [0.25, 0.3) is 0 Å². The van der Waals surface area contributed by atoms with E-state index in [0.29, 0.717) is 11.8 Å². The first-order chi connectivity index (χ1) is 9.83. The molecule has 20 heavy (non-hydrogen) atoms. The van der Waals surface area contributed by atoms with Crippen LogP contribution in [0.2, 0.25) is 0 Å². The number of hydrogen-bond donors (Lipinski definition) is 2. The fourth-order valence-corrected chi connectivity index (χ4v) is 3.44. The molecule has 0 amide bonds. The van der Waals surface area contributed by atoms with Crippen LogP contribution >= 0.6 is 0 Å². The van der Waals surface area contributed by atoms with Crippen molar-refractivity contribution in [1.29, 1.82) is 0 Å². The van der Waals surface area contributed by atoms with E-state index in [1.807, 2.05) is 0 Å². The van der Waals surface area contributed by atoms with Crippen LogP contribution in [-0.2, 0) is 4.74 Å². The number of hydrogen-bond acceptors (Lipinski definition) is 4. The molecule has 0 aromatic heterocycles. The summed E-state index contributed by atoms with van der Waals surface area (Å²) >= 11 is 0. The van der Waals surface area contributed by atoms with Gasteiger partial charge in [-0.15, -0.1) is 0 Å². The van der Waals surface area contributed by atoms with Gasteiger partial charge in [0.1, 0.15) is 0 Å². The zero-order chi connectivity index (χ0) is 13.9. The van der Waals surface area contributed by atoms with Crippen molar-refractivity contribution >= 4 is 0 Å². The Hall–Kier alpha value is -0.940. The second-order valence-corrected chi connectivity index (χ2v) is 5.91. The van der Waals surface area contributed by atoms with E-state index in [4.69, 9.17) is 10.6 Å². The number of ether oxygens (including phenoxy) is 1. The van der Waals surface area contributed by atoms with Gasteiger partial charge in [0.2, 0.25) is 0 Å². The Morgan fingerprint density at radius 1 is 1.40 bits per heavy atom. The Labute approximate surface area is 121 Å². The van der Waals surface area contributed by atoms with E-state index in [2.05, 4.69) is 47.6 Å². The third-order valence-electron chi connectivity index (χ3n) is 4.75. The maximum absolute atomic E-state index is 5.96. The van der Waals surface area contributed by atoms with Crippen molar-refractivity contribution in [2.24, 2.45) is 11.8 Å². The summed E-state index contributed by atoms with van der Waals surface area (Å²) in [7, 11) is 0. The summed E-state index contributed by atoms with van der Waals surface area (Å²) in [4.78, 5) is 2.44. The lowest BCUT2D eigenvalue weighted by Crippen LogP contribution is -2.55. The molecule has 3 rings (SSSR count). The predicted octanol–water partition coefficient (Wildman–Crippen LogP) is 1.34. The molecule has 1 saturated carbocycles. The fraction of sp³-hybridized carbons (Fsp3) is 0.625. The summed E-state index contributed by atoms with van der Waals surface area (Å²) < 4.78 is 5.96. The van der Waals surface area contributed by atoms with Crippen LogP contribution < -0.4 is 11.3 Å². The molecule has 1 aromatic rings. The van der Waals surface area contributed by atoms with Gasteiger partial charge in [0.05, 0.1) is 18.8 Å². The molecule has 0 bridgehead atoms. The molecule has 1 saturated heterocycles. The van der Waals surface area contributed by atoms with E-state index in [9.17, 15) is 0 Å². The zero-order valence-electron chi connectivity index (χ0n) is 12.2. The maximum Gasteiger partial charge on any atom is 0.0871 e. The molecule has 2 aliphatic rings. The molecule has 1 aliphatic heterocycles. The highest BCUT2D eigenvalue weighted by Gasteiger charge is 2.47. The van der Waals surface area contributed by atoms with Crippen molar-refractivity contribution in [3.8, 4) is 0 Å². The molecule has 1 heterocycles. The minimum atomic E-state index is 0.215.